The molecule has 3 N–H and O–H groups in total. The van der Waals surface area contributed by atoms with Crippen LogP contribution in [0.5, 0.6) is 17.2 Å². The zero-order chi connectivity index (χ0) is 18.7. The van der Waals surface area contributed by atoms with Crippen LogP contribution in [0.15, 0.2) is 30.3 Å². The Balaban J connectivity index is 1.92. The Bertz CT molecular complexity index is 856. The Morgan fingerprint density at radius 1 is 0.846 bits per heavy atom. The number of aromatic hydroxyl groups is 2. The number of carbonyl (C=O) groups excluding carboxylic acids is 2. The van der Waals surface area contributed by atoms with E-state index in [-0.39, 0.29) is 34.6 Å². The lowest BCUT2D eigenvalue weighted by molar-refractivity contribution is 0.0972. The molecule has 0 saturated heterocycles. The van der Waals surface area contributed by atoms with Gasteiger partial charge in [-0.25, -0.2) is 0 Å². The molecule has 0 fully saturated rings. The number of fused-ring (bicyclic) bond motifs is 2. The van der Waals surface area contributed by atoms with Gasteiger partial charge in [-0.1, -0.05) is 30.7 Å². The Kier molecular flexibility index (Phi) is 5.23. The summed E-state index contributed by atoms with van der Waals surface area (Å²) in [5.41, 5.74) is 0.215. The maximum atomic E-state index is 12.9. The standard InChI is InChI=1S/C20H20O6/c21-9-5-1-2-6-10-26-15-11-14(22)20(25)17-16(15)18(23)12-7-3-4-8-13(12)19(17)24/h3-4,7-8,11,21-22,25H,1-2,5-6,9-10H2. The van der Waals surface area contributed by atoms with E-state index in [0.717, 1.165) is 19.3 Å². The van der Waals surface area contributed by atoms with Crippen LogP contribution in [-0.4, -0.2) is 40.1 Å². The van der Waals surface area contributed by atoms with Crippen molar-refractivity contribution in [2.75, 3.05) is 13.2 Å². The van der Waals surface area contributed by atoms with Crippen LogP contribution in [0.25, 0.3) is 0 Å². The van der Waals surface area contributed by atoms with Crippen molar-refractivity contribution in [1.82, 2.24) is 0 Å². The lowest BCUT2D eigenvalue weighted by Crippen LogP contribution is -2.22. The molecule has 0 atom stereocenters. The number of ketones is 2. The van der Waals surface area contributed by atoms with Gasteiger partial charge in [0.15, 0.2) is 23.1 Å². The van der Waals surface area contributed by atoms with Gasteiger partial charge in [0.05, 0.1) is 17.7 Å². The maximum absolute atomic E-state index is 12.9. The van der Waals surface area contributed by atoms with E-state index in [2.05, 4.69) is 0 Å². The van der Waals surface area contributed by atoms with Gasteiger partial charge in [0.1, 0.15) is 5.75 Å². The minimum Gasteiger partial charge on any atom is -0.504 e. The van der Waals surface area contributed by atoms with Crippen molar-refractivity contribution in [1.29, 1.82) is 0 Å². The molecule has 0 bridgehead atoms. The van der Waals surface area contributed by atoms with E-state index in [0.29, 0.717) is 13.0 Å². The third kappa shape index (κ3) is 3.15. The number of ether oxygens (including phenoxy) is 1. The number of rotatable bonds is 7. The molecule has 2 aromatic carbocycles. The number of aliphatic hydroxyl groups excluding tert-OH is 1. The first-order chi connectivity index (χ1) is 12.6. The fourth-order valence-electron chi connectivity index (χ4n) is 3.09. The van der Waals surface area contributed by atoms with Crippen LogP contribution in [0.3, 0.4) is 0 Å². The van der Waals surface area contributed by atoms with Crippen molar-refractivity contribution >= 4 is 11.6 Å². The second kappa shape index (κ2) is 7.58. The van der Waals surface area contributed by atoms with Gasteiger partial charge in [-0.05, 0) is 19.3 Å². The number of unbranched alkanes of at least 4 members (excludes halogenated alkanes) is 3. The second-order valence-electron chi connectivity index (χ2n) is 6.18. The first-order valence-electron chi connectivity index (χ1n) is 8.57. The van der Waals surface area contributed by atoms with Crippen molar-refractivity contribution in [2.24, 2.45) is 0 Å². The third-order valence-electron chi connectivity index (χ3n) is 4.42. The number of phenolic OH excluding ortho intramolecular Hbond substituents is 2. The number of aliphatic hydroxyl groups is 1. The molecule has 0 aromatic heterocycles. The summed E-state index contributed by atoms with van der Waals surface area (Å²) in [7, 11) is 0. The molecule has 136 valence electrons. The molecule has 6 nitrogen and oxygen atoms in total. The lowest BCUT2D eigenvalue weighted by atomic mass is 9.83. The zero-order valence-electron chi connectivity index (χ0n) is 14.2. The van der Waals surface area contributed by atoms with Crippen LogP contribution in [0.1, 0.15) is 57.5 Å². The van der Waals surface area contributed by atoms with E-state index in [4.69, 9.17) is 9.84 Å². The number of carbonyl (C=O) groups is 2. The van der Waals surface area contributed by atoms with Gasteiger partial charge in [-0.2, -0.15) is 0 Å². The highest BCUT2D eigenvalue weighted by Crippen LogP contribution is 2.43. The van der Waals surface area contributed by atoms with Crippen LogP contribution in [0.4, 0.5) is 0 Å². The smallest absolute Gasteiger partial charge is 0.198 e. The van der Waals surface area contributed by atoms with Gasteiger partial charge in [0.25, 0.3) is 0 Å². The largest absolute Gasteiger partial charge is 0.504 e. The van der Waals surface area contributed by atoms with Crippen LogP contribution < -0.4 is 4.74 Å². The van der Waals surface area contributed by atoms with E-state index in [1.54, 1.807) is 18.2 Å². The van der Waals surface area contributed by atoms with E-state index >= 15 is 0 Å². The monoisotopic (exact) mass is 356 g/mol. The Labute approximate surface area is 150 Å². The van der Waals surface area contributed by atoms with Crippen LogP contribution >= 0.6 is 0 Å². The summed E-state index contributed by atoms with van der Waals surface area (Å²) >= 11 is 0. The Morgan fingerprint density at radius 2 is 1.46 bits per heavy atom. The minimum absolute atomic E-state index is 0.0145. The SMILES string of the molecule is O=C1c2ccccc2C(=O)c2c(O)c(O)cc(OCCCCCCO)c21. The maximum Gasteiger partial charge on any atom is 0.198 e. The highest BCUT2D eigenvalue weighted by Gasteiger charge is 2.36. The summed E-state index contributed by atoms with van der Waals surface area (Å²) in [6.07, 6.45) is 3.14. The first-order valence-corrected chi connectivity index (χ1v) is 8.57. The van der Waals surface area contributed by atoms with Crippen molar-refractivity contribution in [3.63, 3.8) is 0 Å². The second-order valence-corrected chi connectivity index (χ2v) is 6.18. The fourth-order valence-corrected chi connectivity index (χ4v) is 3.09. The summed E-state index contributed by atoms with van der Waals surface area (Å²) in [4.78, 5) is 25.6. The third-order valence-corrected chi connectivity index (χ3v) is 4.42. The Morgan fingerprint density at radius 3 is 2.12 bits per heavy atom. The van der Waals surface area contributed by atoms with Gasteiger partial charge in [0.2, 0.25) is 0 Å². The van der Waals surface area contributed by atoms with Crippen LogP contribution in [-0.2, 0) is 0 Å². The lowest BCUT2D eigenvalue weighted by Gasteiger charge is -2.21. The molecule has 6 heteroatoms. The van der Waals surface area contributed by atoms with Crippen LogP contribution in [0, 0.1) is 0 Å². The molecule has 0 radical (unpaired) electrons. The number of hydrogen-bond acceptors (Lipinski definition) is 6. The summed E-state index contributed by atoms with van der Waals surface area (Å²) < 4.78 is 5.65. The van der Waals surface area contributed by atoms with Gasteiger partial charge in [-0.3, -0.25) is 9.59 Å². The molecule has 0 amide bonds. The van der Waals surface area contributed by atoms with E-state index in [9.17, 15) is 19.8 Å². The number of benzene rings is 2. The highest BCUT2D eigenvalue weighted by atomic mass is 16.5. The van der Waals surface area contributed by atoms with Gasteiger partial charge in [-0.15, -0.1) is 0 Å². The molecule has 26 heavy (non-hydrogen) atoms. The summed E-state index contributed by atoms with van der Waals surface area (Å²) in [6.45, 7) is 0.446. The van der Waals surface area contributed by atoms with Crippen molar-refractivity contribution < 1.29 is 29.6 Å². The molecule has 0 unspecified atom stereocenters. The molecular formula is C20H20O6. The predicted molar refractivity (Wildman–Crippen MR) is 94.1 cm³/mol. The zero-order valence-corrected chi connectivity index (χ0v) is 14.2. The predicted octanol–water partition coefficient (Wildman–Crippen LogP) is 2.80. The topological polar surface area (TPSA) is 104 Å². The van der Waals surface area contributed by atoms with E-state index in [1.165, 1.54) is 12.1 Å². The van der Waals surface area contributed by atoms with Crippen molar-refractivity contribution in [2.45, 2.75) is 25.7 Å². The molecule has 0 heterocycles. The molecular weight excluding hydrogens is 336 g/mol. The molecule has 2 aromatic rings. The highest BCUT2D eigenvalue weighted by molar-refractivity contribution is 6.30. The molecule has 0 spiro atoms. The van der Waals surface area contributed by atoms with Gasteiger partial charge < -0.3 is 20.1 Å². The summed E-state index contributed by atoms with van der Waals surface area (Å²) in [5.74, 6) is -1.95. The van der Waals surface area contributed by atoms with Crippen molar-refractivity contribution in [3.05, 3.63) is 52.6 Å². The molecule has 1 aliphatic rings. The quantitative estimate of drug-likeness (QED) is 0.444. The molecule has 1 aliphatic carbocycles. The first kappa shape index (κ1) is 17.9. The van der Waals surface area contributed by atoms with E-state index in [1.807, 2.05) is 0 Å². The number of phenols is 2. The molecule has 0 saturated carbocycles. The van der Waals surface area contributed by atoms with Gasteiger partial charge >= 0.3 is 0 Å². The Hall–Kier alpha value is -2.86. The fraction of sp³-hybridized carbons (Fsp3) is 0.300. The molecule has 3 rings (SSSR count). The normalized spacial score (nSPS) is 12.7. The summed E-state index contributed by atoms with van der Waals surface area (Å²) in [5, 5.41) is 28.9. The number of hydrogen-bond donors (Lipinski definition) is 3. The van der Waals surface area contributed by atoms with Crippen LogP contribution in [0.2, 0.25) is 0 Å². The average Bonchev–Trinajstić information content (AvgIpc) is 2.65. The minimum atomic E-state index is -0.608. The van der Waals surface area contributed by atoms with Gasteiger partial charge in [0, 0.05) is 23.8 Å². The summed E-state index contributed by atoms with van der Waals surface area (Å²) in [6, 6.07) is 7.54. The molecule has 0 aliphatic heterocycles. The average molecular weight is 356 g/mol. The van der Waals surface area contributed by atoms with E-state index < -0.39 is 23.1 Å². The van der Waals surface area contributed by atoms with Crippen molar-refractivity contribution in [3.8, 4) is 17.2 Å².